The second kappa shape index (κ2) is 6.17. The van der Waals surface area contributed by atoms with Gasteiger partial charge in [-0.25, -0.2) is 0 Å². The van der Waals surface area contributed by atoms with Crippen LogP contribution in [0.5, 0.6) is 0 Å². The maximum absolute atomic E-state index is 6.43. The van der Waals surface area contributed by atoms with E-state index in [2.05, 4.69) is 15.6 Å². The molecule has 0 spiro atoms. The molecular formula is C14H23ClN6. The minimum absolute atomic E-state index is 0.0451. The largest absolute Gasteiger partial charge is 0.272 e. The Bertz CT molecular complexity index is 642. The number of aromatic nitrogens is 4. The lowest BCUT2D eigenvalue weighted by Gasteiger charge is -2.17. The summed E-state index contributed by atoms with van der Waals surface area (Å²) in [6.07, 6.45) is 1.49. The number of nitrogens with two attached hydrogens (primary N) is 1. The summed E-state index contributed by atoms with van der Waals surface area (Å²) >= 11 is 6.43. The van der Waals surface area contributed by atoms with E-state index in [1.54, 1.807) is 0 Å². The third-order valence-corrected chi connectivity index (χ3v) is 4.45. The van der Waals surface area contributed by atoms with Crippen LogP contribution in [0.3, 0.4) is 0 Å². The highest BCUT2D eigenvalue weighted by Gasteiger charge is 2.23. The normalized spacial score (nSPS) is 12.9. The fourth-order valence-corrected chi connectivity index (χ4v) is 3.14. The van der Waals surface area contributed by atoms with Crippen LogP contribution in [0.15, 0.2) is 0 Å². The Balaban J connectivity index is 2.38. The van der Waals surface area contributed by atoms with E-state index in [0.29, 0.717) is 6.42 Å². The van der Waals surface area contributed by atoms with Gasteiger partial charge in [-0.3, -0.25) is 20.6 Å². The third-order valence-electron chi connectivity index (χ3n) is 4.02. The van der Waals surface area contributed by atoms with E-state index < -0.39 is 0 Å². The molecule has 0 fully saturated rings. The zero-order valence-corrected chi connectivity index (χ0v) is 14.0. The molecule has 2 aromatic heterocycles. The van der Waals surface area contributed by atoms with E-state index in [-0.39, 0.29) is 6.04 Å². The molecule has 0 amide bonds. The van der Waals surface area contributed by atoms with Crippen molar-refractivity contribution >= 4 is 11.6 Å². The first-order valence-electron chi connectivity index (χ1n) is 7.07. The van der Waals surface area contributed by atoms with Crippen molar-refractivity contribution in [2.24, 2.45) is 19.9 Å². The molecule has 0 aromatic carbocycles. The average Bonchev–Trinajstić information content (AvgIpc) is 2.86. The maximum atomic E-state index is 6.43. The molecule has 2 aromatic rings. The number of nitrogens with zero attached hydrogens (tertiary/aromatic N) is 4. The van der Waals surface area contributed by atoms with Crippen LogP contribution in [-0.4, -0.2) is 19.6 Å². The Morgan fingerprint density at radius 1 is 1.24 bits per heavy atom. The molecule has 116 valence electrons. The summed E-state index contributed by atoms with van der Waals surface area (Å²) < 4.78 is 3.71. The zero-order chi connectivity index (χ0) is 15.7. The first-order chi connectivity index (χ1) is 9.90. The molecule has 0 aliphatic carbocycles. The van der Waals surface area contributed by atoms with E-state index >= 15 is 0 Å². The highest BCUT2D eigenvalue weighted by molar-refractivity contribution is 6.31. The lowest BCUT2D eigenvalue weighted by molar-refractivity contribution is 0.525. The first-order valence-corrected chi connectivity index (χ1v) is 7.44. The van der Waals surface area contributed by atoms with Gasteiger partial charge in [0.05, 0.1) is 28.1 Å². The number of rotatable bonds is 5. The van der Waals surface area contributed by atoms with Crippen molar-refractivity contribution in [1.82, 2.24) is 25.0 Å². The maximum Gasteiger partial charge on any atom is 0.0850 e. The van der Waals surface area contributed by atoms with Gasteiger partial charge in [0.2, 0.25) is 0 Å². The van der Waals surface area contributed by atoms with Crippen LogP contribution in [0.2, 0.25) is 5.02 Å². The fourth-order valence-electron chi connectivity index (χ4n) is 2.77. The summed E-state index contributed by atoms with van der Waals surface area (Å²) in [7, 11) is 3.85. The predicted molar refractivity (Wildman–Crippen MR) is 84.0 cm³/mol. The molecule has 0 radical (unpaired) electrons. The van der Waals surface area contributed by atoms with Crippen LogP contribution in [0.1, 0.15) is 41.3 Å². The van der Waals surface area contributed by atoms with Gasteiger partial charge in [0.1, 0.15) is 0 Å². The van der Waals surface area contributed by atoms with Gasteiger partial charge in [0.15, 0.2) is 0 Å². The molecule has 0 saturated carbocycles. The van der Waals surface area contributed by atoms with E-state index in [4.69, 9.17) is 17.4 Å². The highest BCUT2D eigenvalue weighted by atomic mass is 35.5. The fraction of sp³-hybridized carbons (Fsp3) is 0.571. The number of halogens is 1. The lowest BCUT2D eigenvalue weighted by Crippen LogP contribution is -2.31. The summed E-state index contributed by atoms with van der Waals surface area (Å²) in [5.74, 6) is 5.78. The molecule has 2 heterocycles. The van der Waals surface area contributed by atoms with Crippen LogP contribution >= 0.6 is 11.6 Å². The molecule has 21 heavy (non-hydrogen) atoms. The zero-order valence-electron chi connectivity index (χ0n) is 13.2. The summed E-state index contributed by atoms with van der Waals surface area (Å²) in [5.41, 5.74) is 8.00. The minimum atomic E-state index is -0.0451. The number of hydrogen-bond acceptors (Lipinski definition) is 4. The molecule has 6 nitrogen and oxygen atoms in total. The highest BCUT2D eigenvalue weighted by Crippen LogP contribution is 2.28. The Hall–Kier alpha value is -1.37. The quantitative estimate of drug-likeness (QED) is 0.651. The van der Waals surface area contributed by atoms with Gasteiger partial charge in [-0.15, -0.1) is 0 Å². The average molecular weight is 311 g/mol. The Morgan fingerprint density at radius 2 is 1.90 bits per heavy atom. The summed E-state index contributed by atoms with van der Waals surface area (Å²) in [6.45, 7) is 6.09. The second-order valence-corrected chi connectivity index (χ2v) is 5.69. The van der Waals surface area contributed by atoms with Crippen molar-refractivity contribution < 1.29 is 0 Å². The van der Waals surface area contributed by atoms with Gasteiger partial charge in [0, 0.05) is 31.8 Å². The van der Waals surface area contributed by atoms with E-state index in [1.807, 2.05) is 44.2 Å². The summed E-state index contributed by atoms with van der Waals surface area (Å²) in [6, 6.07) is -0.0451. The van der Waals surface area contributed by atoms with Crippen LogP contribution in [-0.2, 0) is 26.9 Å². The standard InChI is InChI=1S/C14H23ClN6/c1-6-10-14(15)12(21(5)19-10)7-11(17-16)13-8(2)18-20(4)9(13)3/h11,17H,6-7,16H2,1-5H3. The van der Waals surface area contributed by atoms with Crippen molar-refractivity contribution in [3.05, 3.63) is 33.4 Å². The Labute approximate surface area is 130 Å². The van der Waals surface area contributed by atoms with Gasteiger partial charge in [-0.2, -0.15) is 10.2 Å². The van der Waals surface area contributed by atoms with Crippen LogP contribution in [0.25, 0.3) is 0 Å². The second-order valence-electron chi connectivity index (χ2n) is 5.32. The Morgan fingerprint density at radius 3 is 2.33 bits per heavy atom. The molecule has 0 aliphatic heterocycles. The third kappa shape index (κ3) is 2.84. The van der Waals surface area contributed by atoms with Crippen LogP contribution in [0.4, 0.5) is 0 Å². The lowest BCUT2D eigenvalue weighted by atomic mass is 10.0. The summed E-state index contributed by atoms with van der Waals surface area (Å²) in [5, 5.41) is 9.64. The molecule has 0 bridgehead atoms. The monoisotopic (exact) mass is 310 g/mol. The molecule has 1 unspecified atom stereocenters. The predicted octanol–water partition coefficient (Wildman–Crippen LogP) is 1.73. The van der Waals surface area contributed by atoms with Crippen molar-refractivity contribution in [3.63, 3.8) is 0 Å². The number of hydrazine groups is 1. The summed E-state index contributed by atoms with van der Waals surface area (Å²) in [4.78, 5) is 0. The number of aryl methyl sites for hydroxylation is 4. The van der Waals surface area contributed by atoms with Gasteiger partial charge < -0.3 is 0 Å². The van der Waals surface area contributed by atoms with Crippen LogP contribution < -0.4 is 11.3 Å². The molecule has 3 N–H and O–H groups in total. The SMILES string of the molecule is CCc1nn(C)c(CC(NN)c2c(C)nn(C)c2C)c1Cl. The van der Waals surface area contributed by atoms with E-state index in [0.717, 1.165) is 39.8 Å². The number of hydrogen-bond donors (Lipinski definition) is 2. The van der Waals surface area contributed by atoms with Crippen molar-refractivity contribution in [1.29, 1.82) is 0 Å². The van der Waals surface area contributed by atoms with Gasteiger partial charge in [-0.05, 0) is 20.3 Å². The first kappa shape index (κ1) is 16.0. The van der Waals surface area contributed by atoms with Crippen LogP contribution in [0, 0.1) is 13.8 Å². The minimum Gasteiger partial charge on any atom is -0.272 e. The Kier molecular flexibility index (Phi) is 4.70. The van der Waals surface area contributed by atoms with E-state index in [9.17, 15) is 0 Å². The molecule has 0 aliphatic rings. The molecule has 7 heteroatoms. The topological polar surface area (TPSA) is 73.7 Å². The van der Waals surface area contributed by atoms with Gasteiger partial charge in [0.25, 0.3) is 0 Å². The molecular weight excluding hydrogens is 288 g/mol. The van der Waals surface area contributed by atoms with Crippen molar-refractivity contribution in [3.8, 4) is 0 Å². The molecule has 1 atom stereocenters. The smallest absolute Gasteiger partial charge is 0.0850 e. The molecule has 2 rings (SSSR count). The van der Waals surface area contributed by atoms with Crippen molar-refractivity contribution in [2.75, 3.05) is 0 Å². The van der Waals surface area contributed by atoms with Gasteiger partial charge >= 0.3 is 0 Å². The molecule has 0 saturated heterocycles. The van der Waals surface area contributed by atoms with Crippen molar-refractivity contribution in [2.45, 2.75) is 39.7 Å². The number of nitrogens with one attached hydrogen (secondary N) is 1. The van der Waals surface area contributed by atoms with Gasteiger partial charge in [-0.1, -0.05) is 18.5 Å². The van der Waals surface area contributed by atoms with E-state index in [1.165, 1.54) is 0 Å².